The molecule has 2 aromatic carbocycles. The second kappa shape index (κ2) is 10.6. The molecule has 0 saturated carbocycles. The number of fused-ring (bicyclic) bond motifs is 2. The summed E-state index contributed by atoms with van der Waals surface area (Å²) in [5.41, 5.74) is 8.27. The van der Waals surface area contributed by atoms with Crippen molar-refractivity contribution < 1.29 is 28.1 Å². The van der Waals surface area contributed by atoms with Crippen molar-refractivity contribution in [3.63, 3.8) is 0 Å². The molecule has 2 fully saturated rings. The lowest BCUT2D eigenvalue weighted by Gasteiger charge is -2.15. The quantitative estimate of drug-likeness (QED) is 0.340. The topological polar surface area (TPSA) is 116 Å². The molecule has 37 heavy (non-hydrogen) atoms. The molecule has 4 atom stereocenters. The predicted octanol–water partition coefficient (Wildman–Crippen LogP) is 4.04. The molecule has 194 valence electrons. The van der Waals surface area contributed by atoms with E-state index in [1.165, 1.54) is 12.1 Å². The summed E-state index contributed by atoms with van der Waals surface area (Å²) < 4.78 is 46.1. The summed E-state index contributed by atoms with van der Waals surface area (Å²) in [5, 5.41) is 9.87. The van der Waals surface area contributed by atoms with Crippen LogP contribution in [0.5, 0.6) is 6.01 Å². The number of halogens is 2. The van der Waals surface area contributed by atoms with Crippen molar-refractivity contribution >= 4 is 28.6 Å². The van der Waals surface area contributed by atoms with Gasteiger partial charge in [-0.2, -0.15) is 16.7 Å². The number of aromatic nitrogens is 3. The van der Waals surface area contributed by atoms with Crippen LogP contribution in [0.4, 0.5) is 14.5 Å². The first-order chi connectivity index (χ1) is 17.9. The van der Waals surface area contributed by atoms with E-state index < -0.39 is 36.1 Å². The maximum atomic E-state index is 14.9. The van der Waals surface area contributed by atoms with Gasteiger partial charge in [-0.25, -0.2) is 13.8 Å². The number of rotatable bonds is 4. The maximum Gasteiger partial charge on any atom is 0.296 e. The van der Waals surface area contributed by atoms with E-state index in [1.807, 2.05) is 12.5 Å². The first-order valence-electron chi connectivity index (χ1n) is 11.6. The smallest absolute Gasteiger partial charge is 0.296 e. The number of aliphatic hydroxyl groups excluding tert-OH is 1. The van der Waals surface area contributed by atoms with Crippen LogP contribution in [-0.2, 0) is 9.47 Å². The summed E-state index contributed by atoms with van der Waals surface area (Å²) in [6.07, 6.45) is 2.12. The molecule has 0 spiro atoms. The Kier molecular flexibility index (Phi) is 7.29. The van der Waals surface area contributed by atoms with E-state index in [2.05, 4.69) is 15.0 Å². The van der Waals surface area contributed by atoms with E-state index in [0.717, 1.165) is 0 Å². The fraction of sp³-hybridized carbons (Fsp3) is 0.308. The molecular weight excluding hydrogens is 502 g/mol. The Morgan fingerprint density at radius 1 is 0.973 bits per heavy atom. The van der Waals surface area contributed by atoms with Gasteiger partial charge in [0.25, 0.3) is 6.01 Å². The second-order valence-corrected chi connectivity index (χ2v) is 9.59. The van der Waals surface area contributed by atoms with Gasteiger partial charge in [0.15, 0.2) is 17.6 Å². The number of aliphatic hydroxyl groups is 1. The minimum absolute atomic E-state index is 0.112. The SMILES string of the molecule is CSC.Nc1ccc(-c2ccc(-c3nc4nc(O[C@@H]5CO[C@H]6[C@@H]5OC[C@H]6O)[nH]c4cc3F)cc2)c(F)c1. The number of aromatic amines is 1. The van der Waals surface area contributed by atoms with Gasteiger partial charge in [0.1, 0.15) is 29.8 Å². The summed E-state index contributed by atoms with van der Waals surface area (Å²) in [6.45, 7) is 0.437. The molecule has 8 nitrogen and oxygen atoms in total. The number of benzene rings is 2. The second-order valence-electron chi connectivity index (χ2n) is 8.78. The van der Waals surface area contributed by atoms with Gasteiger partial charge in [-0.3, -0.25) is 0 Å². The summed E-state index contributed by atoms with van der Waals surface area (Å²) >= 11 is 1.75. The van der Waals surface area contributed by atoms with Crippen LogP contribution in [0.3, 0.4) is 0 Å². The third kappa shape index (κ3) is 5.12. The molecule has 6 rings (SSSR count). The molecule has 0 aliphatic carbocycles. The highest BCUT2D eigenvalue weighted by molar-refractivity contribution is 7.97. The summed E-state index contributed by atoms with van der Waals surface area (Å²) in [6, 6.07) is 12.7. The summed E-state index contributed by atoms with van der Waals surface area (Å²) in [5.74, 6) is -0.973. The van der Waals surface area contributed by atoms with Gasteiger partial charge in [-0.1, -0.05) is 24.3 Å². The molecular formula is C26H26F2N4O4S. The van der Waals surface area contributed by atoms with E-state index >= 15 is 0 Å². The largest absolute Gasteiger partial charge is 0.456 e. The molecule has 2 saturated heterocycles. The van der Waals surface area contributed by atoms with Crippen molar-refractivity contribution in [2.24, 2.45) is 0 Å². The Morgan fingerprint density at radius 3 is 2.41 bits per heavy atom. The Labute approximate surface area is 216 Å². The predicted molar refractivity (Wildman–Crippen MR) is 138 cm³/mol. The van der Waals surface area contributed by atoms with Crippen LogP contribution in [0.2, 0.25) is 0 Å². The monoisotopic (exact) mass is 528 g/mol. The Hall–Kier alpha value is -3.25. The first-order valence-corrected chi connectivity index (χ1v) is 13.2. The van der Waals surface area contributed by atoms with Crippen LogP contribution in [-0.4, -0.2) is 70.2 Å². The standard InChI is InChI=1S/C24H20F2N4O4.C2H6S/c25-15-7-13(27)5-6-14(15)11-1-3-12(4-2-11)20-16(26)8-17-23(29-20)30-24(28-17)34-19-10-33-21-18(31)9-32-22(19)21;1-3-2/h1-8,18-19,21-22,31H,9-10,27H2,(H,28,29,30);1-2H3/t18-,19-,21-,22-;/m1./s1. The fourth-order valence-electron chi connectivity index (χ4n) is 4.42. The number of nitrogens with two attached hydrogens (primary N) is 1. The van der Waals surface area contributed by atoms with Gasteiger partial charge >= 0.3 is 0 Å². The number of anilines is 1. The van der Waals surface area contributed by atoms with Crippen molar-refractivity contribution in [2.75, 3.05) is 31.5 Å². The van der Waals surface area contributed by atoms with E-state index in [-0.39, 0.29) is 30.6 Å². The molecule has 0 amide bonds. The number of hydrogen-bond donors (Lipinski definition) is 3. The Morgan fingerprint density at radius 2 is 1.68 bits per heavy atom. The van der Waals surface area contributed by atoms with Gasteiger partial charge in [0.2, 0.25) is 0 Å². The van der Waals surface area contributed by atoms with Crippen molar-refractivity contribution in [2.45, 2.75) is 24.4 Å². The molecule has 11 heteroatoms. The van der Waals surface area contributed by atoms with E-state index in [0.29, 0.717) is 27.9 Å². The van der Waals surface area contributed by atoms with Crippen molar-refractivity contribution in [3.05, 3.63) is 60.2 Å². The number of nitrogens with zero attached hydrogens (tertiary/aromatic N) is 2. The molecule has 4 heterocycles. The van der Waals surface area contributed by atoms with Crippen LogP contribution >= 0.6 is 11.8 Å². The Balaban J connectivity index is 0.000000892. The molecule has 0 radical (unpaired) electrons. The average Bonchev–Trinajstić information content (AvgIpc) is 3.56. The molecule has 0 unspecified atom stereocenters. The van der Waals surface area contributed by atoms with E-state index in [4.69, 9.17) is 19.9 Å². The van der Waals surface area contributed by atoms with Crippen LogP contribution in [0, 0.1) is 11.6 Å². The zero-order chi connectivity index (χ0) is 26.1. The molecule has 2 aliphatic heterocycles. The van der Waals surface area contributed by atoms with Crippen molar-refractivity contribution in [1.29, 1.82) is 0 Å². The van der Waals surface area contributed by atoms with Crippen LogP contribution in [0.1, 0.15) is 0 Å². The van der Waals surface area contributed by atoms with E-state index in [1.54, 1.807) is 48.2 Å². The third-order valence-electron chi connectivity index (χ3n) is 6.11. The Bertz CT molecular complexity index is 1400. The molecule has 4 N–H and O–H groups in total. The first kappa shape index (κ1) is 25.4. The fourth-order valence-corrected chi connectivity index (χ4v) is 4.42. The number of H-pyrrole nitrogens is 1. The van der Waals surface area contributed by atoms with Gasteiger partial charge in [-0.15, -0.1) is 0 Å². The summed E-state index contributed by atoms with van der Waals surface area (Å²) in [4.78, 5) is 11.6. The lowest BCUT2D eigenvalue weighted by molar-refractivity contribution is 0.00706. The molecule has 4 aromatic rings. The highest BCUT2D eigenvalue weighted by atomic mass is 32.2. The van der Waals surface area contributed by atoms with Crippen molar-refractivity contribution in [3.8, 4) is 28.4 Å². The zero-order valence-corrected chi connectivity index (χ0v) is 21.0. The number of nitrogens with one attached hydrogen (secondary N) is 1. The average molecular weight is 529 g/mol. The van der Waals surface area contributed by atoms with Crippen LogP contribution in [0.25, 0.3) is 33.5 Å². The number of ether oxygens (including phenoxy) is 3. The minimum atomic E-state index is -0.685. The van der Waals surface area contributed by atoms with Gasteiger partial charge in [-0.05, 0) is 36.3 Å². The minimum Gasteiger partial charge on any atom is -0.456 e. The zero-order valence-electron chi connectivity index (χ0n) is 20.2. The normalized spacial score (nSPS) is 22.5. The highest BCUT2D eigenvalue weighted by Gasteiger charge is 2.48. The number of pyridine rings is 1. The van der Waals surface area contributed by atoms with E-state index in [9.17, 15) is 13.9 Å². The summed E-state index contributed by atoms with van der Waals surface area (Å²) in [7, 11) is 0. The van der Waals surface area contributed by atoms with Gasteiger partial charge in [0.05, 0.1) is 18.7 Å². The van der Waals surface area contributed by atoms with Crippen LogP contribution < -0.4 is 10.5 Å². The third-order valence-corrected chi connectivity index (χ3v) is 6.11. The molecule has 0 bridgehead atoms. The van der Waals surface area contributed by atoms with Gasteiger partial charge in [0, 0.05) is 22.9 Å². The number of thioether (sulfide) groups is 1. The van der Waals surface area contributed by atoms with Gasteiger partial charge < -0.3 is 30.0 Å². The number of hydrogen-bond acceptors (Lipinski definition) is 8. The lowest BCUT2D eigenvalue weighted by Crippen LogP contribution is -2.34. The van der Waals surface area contributed by atoms with Crippen molar-refractivity contribution in [1.82, 2.24) is 15.0 Å². The number of imidazole rings is 1. The lowest BCUT2D eigenvalue weighted by atomic mass is 10.0. The maximum absolute atomic E-state index is 14.9. The highest BCUT2D eigenvalue weighted by Crippen LogP contribution is 2.31. The van der Waals surface area contributed by atoms with Crippen LogP contribution in [0.15, 0.2) is 48.5 Å². The molecule has 2 aromatic heterocycles. The number of nitrogen functional groups attached to an aromatic ring is 1. The molecule has 2 aliphatic rings.